The molecule has 0 amide bonds. The summed E-state index contributed by atoms with van der Waals surface area (Å²) in [6, 6.07) is 15.7. The number of hydrogen-bond donors (Lipinski definition) is 0. The number of nitrogens with zero attached hydrogens (tertiary/aromatic N) is 1. The van der Waals surface area contributed by atoms with E-state index in [-0.39, 0.29) is 6.10 Å². The molecule has 0 heterocycles. The molecule has 2 aromatic carbocycles. The van der Waals surface area contributed by atoms with Gasteiger partial charge in [-0.05, 0) is 62.2 Å². The van der Waals surface area contributed by atoms with Crippen molar-refractivity contribution in [2.24, 2.45) is 0 Å². The third-order valence-electron chi connectivity index (χ3n) is 3.23. The van der Waals surface area contributed by atoms with Crippen molar-refractivity contribution >= 4 is 5.97 Å². The molecule has 0 bridgehead atoms. The van der Waals surface area contributed by atoms with Crippen LogP contribution in [-0.4, -0.2) is 18.7 Å². The van der Waals surface area contributed by atoms with Crippen molar-refractivity contribution in [2.75, 3.05) is 6.61 Å². The van der Waals surface area contributed by atoms with Gasteiger partial charge in [-0.25, -0.2) is 4.79 Å². The van der Waals surface area contributed by atoms with Gasteiger partial charge in [0.05, 0.1) is 29.9 Å². The van der Waals surface area contributed by atoms with Crippen LogP contribution in [0.15, 0.2) is 48.5 Å². The van der Waals surface area contributed by atoms with Crippen LogP contribution in [0.2, 0.25) is 0 Å². The third-order valence-corrected chi connectivity index (χ3v) is 3.23. The van der Waals surface area contributed by atoms with Crippen molar-refractivity contribution in [3.8, 4) is 11.8 Å². The number of ether oxygens (including phenoxy) is 2. The minimum absolute atomic E-state index is 0.219. The van der Waals surface area contributed by atoms with E-state index in [4.69, 9.17) is 14.7 Å². The lowest BCUT2D eigenvalue weighted by Crippen LogP contribution is -2.09. The molecule has 0 aliphatic carbocycles. The van der Waals surface area contributed by atoms with Crippen LogP contribution in [0.5, 0.6) is 5.75 Å². The van der Waals surface area contributed by atoms with Crippen molar-refractivity contribution in [2.45, 2.75) is 26.4 Å². The number of rotatable bonds is 6. The van der Waals surface area contributed by atoms with Crippen molar-refractivity contribution < 1.29 is 14.3 Å². The first-order valence-electron chi connectivity index (χ1n) is 7.51. The number of carbonyl (C=O) groups excluding carboxylic acids is 1. The summed E-state index contributed by atoms with van der Waals surface area (Å²) in [6.07, 6.45) is 1.03. The molecule has 0 aliphatic rings. The fraction of sp³-hybridized carbons (Fsp3) is 0.263. The minimum Gasteiger partial charge on any atom is -0.423 e. The number of esters is 1. The SMILES string of the molecule is CC(C)OCCc1ccc(C(=O)Oc2ccc(C#N)cc2)cc1. The first kappa shape index (κ1) is 16.7. The first-order chi connectivity index (χ1) is 11.1. The highest BCUT2D eigenvalue weighted by atomic mass is 16.5. The first-order valence-corrected chi connectivity index (χ1v) is 7.51. The molecule has 4 nitrogen and oxygen atoms in total. The molecule has 0 saturated heterocycles. The Labute approximate surface area is 136 Å². The summed E-state index contributed by atoms with van der Waals surface area (Å²) in [5.41, 5.74) is 2.13. The lowest BCUT2D eigenvalue weighted by Gasteiger charge is -2.08. The van der Waals surface area contributed by atoms with Gasteiger partial charge in [0.1, 0.15) is 5.75 Å². The van der Waals surface area contributed by atoms with E-state index in [1.807, 2.05) is 32.0 Å². The van der Waals surface area contributed by atoms with Crippen LogP contribution in [0.3, 0.4) is 0 Å². The molecular weight excluding hydrogens is 290 g/mol. The highest BCUT2D eigenvalue weighted by molar-refractivity contribution is 5.91. The lowest BCUT2D eigenvalue weighted by molar-refractivity contribution is 0.0734. The highest BCUT2D eigenvalue weighted by Gasteiger charge is 2.08. The van der Waals surface area contributed by atoms with E-state index in [0.717, 1.165) is 12.0 Å². The van der Waals surface area contributed by atoms with Crippen LogP contribution in [-0.2, 0) is 11.2 Å². The van der Waals surface area contributed by atoms with Gasteiger partial charge < -0.3 is 9.47 Å². The van der Waals surface area contributed by atoms with Crippen molar-refractivity contribution in [3.63, 3.8) is 0 Å². The number of hydrogen-bond acceptors (Lipinski definition) is 4. The largest absolute Gasteiger partial charge is 0.423 e. The molecule has 0 saturated carbocycles. The number of benzene rings is 2. The Morgan fingerprint density at radius 3 is 2.30 bits per heavy atom. The Kier molecular flexibility index (Phi) is 5.90. The van der Waals surface area contributed by atoms with Crippen LogP contribution in [0.25, 0.3) is 0 Å². The van der Waals surface area contributed by atoms with Gasteiger partial charge in [0.15, 0.2) is 0 Å². The predicted molar refractivity (Wildman–Crippen MR) is 87.3 cm³/mol. The molecule has 2 aromatic rings. The number of nitriles is 1. The second-order valence-corrected chi connectivity index (χ2v) is 5.39. The van der Waals surface area contributed by atoms with Crippen LogP contribution in [0.1, 0.15) is 35.3 Å². The lowest BCUT2D eigenvalue weighted by atomic mass is 10.1. The molecule has 4 heteroatoms. The molecule has 0 N–H and O–H groups in total. The average molecular weight is 309 g/mol. The van der Waals surface area contributed by atoms with Crippen LogP contribution in [0.4, 0.5) is 0 Å². The summed E-state index contributed by atoms with van der Waals surface area (Å²) in [5.74, 6) is 0.00287. The van der Waals surface area contributed by atoms with Gasteiger partial charge in [-0.3, -0.25) is 0 Å². The molecule has 0 unspecified atom stereocenters. The topological polar surface area (TPSA) is 59.3 Å². The molecule has 2 rings (SSSR count). The van der Waals surface area contributed by atoms with E-state index in [2.05, 4.69) is 0 Å². The van der Waals surface area contributed by atoms with Crippen molar-refractivity contribution in [1.29, 1.82) is 5.26 Å². The van der Waals surface area contributed by atoms with Gasteiger partial charge in [-0.1, -0.05) is 12.1 Å². The standard InChI is InChI=1S/C19H19NO3/c1-14(2)22-12-11-15-3-7-17(8-4-15)19(21)23-18-9-5-16(13-20)6-10-18/h3-10,14H,11-12H2,1-2H3. The van der Waals surface area contributed by atoms with Crippen LogP contribution < -0.4 is 4.74 Å². The molecule has 23 heavy (non-hydrogen) atoms. The summed E-state index contributed by atoms with van der Waals surface area (Å²) in [5, 5.41) is 8.74. The van der Waals surface area contributed by atoms with E-state index in [0.29, 0.717) is 23.5 Å². The third kappa shape index (κ3) is 5.24. The van der Waals surface area contributed by atoms with Gasteiger partial charge >= 0.3 is 5.97 Å². The molecule has 0 fully saturated rings. The molecule has 118 valence electrons. The van der Waals surface area contributed by atoms with Gasteiger partial charge in [0.25, 0.3) is 0 Å². The summed E-state index contributed by atoms with van der Waals surface area (Å²) >= 11 is 0. The maximum absolute atomic E-state index is 12.1. The average Bonchev–Trinajstić information content (AvgIpc) is 2.56. The van der Waals surface area contributed by atoms with E-state index in [1.165, 1.54) is 0 Å². The normalized spacial score (nSPS) is 10.3. The zero-order chi connectivity index (χ0) is 16.7. The summed E-state index contributed by atoms with van der Waals surface area (Å²) in [6.45, 7) is 4.66. The Bertz CT molecular complexity index is 682. The predicted octanol–water partition coefficient (Wildman–Crippen LogP) is 3.74. The maximum Gasteiger partial charge on any atom is 0.343 e. The molecule has 0 spiro atoms. The monoisotopic (exact) mass is 309 g/mol. The van der Waals surface area contributed by atoms with E-state index < -0.39 is 5.97 Å². The van der Waals surface area contributed by atoms with Gasteiger partial charge in [0.2, 0.25) is 0 Å². The van der Waals surface area contributed by atoms with Gasteiger partial charge in [0, 0.05) is 0 Å². The quantitative estimate of drug-likeness (QED) is 0.602. The van der Waals surface area contributed by atoms with E-state index >= 15 is 0 Å². The highest BCUT2D eigenvalue weighted by Crippen LogP contribution is 2.14. The zero-order valence-electron chi connectivity index (χ0n) is 13.3. The maximum atomic E-state index is 12.1. The smallest absolute Gasteiger partial charge is 0.343 e. The Balaban J connectivity index is 1.93. The molecule has 0 radical (unpaired) electrons. The second kappa shape index (κ2) is 8.11. The van der Waals surface area contributed by atoms with Gasteiger partial charge in [-0.2, -0.15) is 5.26 Å². The fourth-order valence-corrected chi connectivity index (χ4v) is 1.98. The van der Waals surface area contributed by atoms with E-state index in [1.54, 1.807) is 36.4 Å². The van der Waals surface area contributed by atoms with E-state index in [9.17, 15) is 4.79 Å². The molecule has 0 aliphatic heterocycles. The molecule has 0 atom stereocenters. The number of carbonyl (C=O) groups is 1. The molecular formula is C19H19NO3. The van der Waals surface area contributed by atoms with Crippen LogP contribution in [0, 0.1) is 11.3 Å². The van der Waals surface area contributed by atoms with Crippen LogP contribution >= 0.6 is 0 Å². The second-order valence-electron chi connectivity index (χ2n) is 5.39. The summed E-state index contributed by atoms with van der Waals surface area (Å²) < 4.78 is 10.8. The van der Waals surface area contributed by atoms with Crippen molar-refractivity contribution in [1.82, 2.24) is 0 Å². The summed E-state index contributed by atoms with van der Waals surface area (Å²) in [4.78, 5) is 12.1. The van der Waals surface area contributed by atoms with Gasteiger partial charge in [-0.15, -0.1) is 0 Å². The Hall–Kier alpha value is -2.64. The van der Waals surface area contributed by atoms with Crippen molar-refractivity contribution in [3.05, 3.63) is 65.2 Å². The zero-order valence-corrected chi connectivity index (χ0v) is 13.3. The molecule has 0 aromatic heterocycles. The summed E-state index contributed by atoms with van der Waals surface area (Å²) in [7, 11) is 0. The Morgan fingerprint density at radius 1 is 1.09 bits per heavy atom. The minimum atomic E-state index is -0.417. The Morgan fingerprint density at radius 2 is 1.74 bits per heavy atom. The fourth-order valence-electron chi connectivity index (χ4n) is 1.98.